The molecule has 7 atom stereocenters. The summed E-state index contributed by atoms with van der Waals surface area (Å²) in [5.41, 5.74) is 8.50. The van der Waals surface area contributed by atoms with E-state index in [1.54, 1.807) is 5.57 Å². The van der Waals surface area contributed by atoms with Gasteiger partial charge in [0.1, 0.15) is 0 Å². The van der Waals surface area contributed by atoms with Crippen LogP contribution in [0.4, 0.5) is 0 Å². The predicted octanol–water partition coefficient (Wildman–Crippen LogP) is 3.64. The van der Waals surface area contributed by atoms with Gasteiger partial charge >= 0.3 is 0 Å². The maximum absolute atomic E-state index is 10.5. The van der Waals surface area contributed by atoms with Crippen molar-refractivity contribution in [3.63, 3.8) is 0 Å². The second-order valence-electron chi connectivity index (χ2n) is 8.90. The summed E-state index contributed by atoms with van der Waals surface area (Å²) < 4.78 is 0. The molecule has 2 nitrogen and oxygen atoms in total. The van der Waals surface area contributed by atoms with Gasteiger partial charge in [0, 0.05) is 6.04 Å². The maximum Gasteiger partial charge on any atom is 0.0596 e. The summed E-state index contributed by atoms with van der Waals surface area (Å²) in [4.78, 5) is 0. The molecule has 4 aliphatic carbocycles. The standard InChI is InChI=1S/C19H31NO/c1-18-9-7-13(20)11-12(18)3-4-14-15-5-6-17(21)19(15,2)10-8-16(14)18/h3,13-17,21H,4-11,20H2,1-2H3/t13?,14-,15-,16+,17?,18-,19-/m0/s1. The Hall–Kier alpha value is -0.340. The van der Waals surface area contributed by atoms with E-state index in [9.17, 15) is 5.11 Å². The Bertz CT molecular complexity index is 472. The van der Waals surface area contributed by atoms with Crippen LogP contribution in [0.2, 0.25) is 0 Å². The fourth-order valence-corrected chi connectivity index (χ4v) is 6.66. The molecule has 0 radical (unpaired) electrons. The third kappa shape index (κ3) is 1.84. The molecule has 0 aromatic heterocycles. The van der Waals surface area contributed by atoms with Gasteiger partial charge in [0.2, 0.25) is 0 Å². The molecule has 3 N–H and O–H groups in total. The number of hydrogen-bond donors (Lipinski definition) is 2. The van der Waals surface area contributed by atoms with Crippen molar-refractivity contribution in [2.45, 2.75) is 77.4 Å². The average Bonchev–Trinajstić information content (AvgIpc) is 2.76. The normalized spacial score (nSPS) is 56.2. The summed E-state index contributed by atoms with van der Waals surface area (Å²) in [5.74, 6) is 2.40. The molecule has 2 heteroatoms. The van der Waals surface area contributed by atoms with E-state index in [-0.39, 0.29) is 11.5 Å². The Kier molecular flexibility index (Phi) is 3.11. The van der Waals surface area contributed by atoms with Crippen LogP contribution in [0.1, 0.15) is 65.2 Å². The van der Waals surface area contributed by atoms with Gasteiger partial charge in [-0.25, -0.2) is 0 Å². The van der Waals surface area contributed by atoms with Gasteiger partial charge in [0.15, 0.2) is 0 Å². The zero-order valence-corrected chi connectivity index (χ0v) is 13.6. The number of allylic oxidation sites excluding steroid dienone is 1. The number of aliphatic hydroxyl groups is 1. The summed E-state index contributed by atoms with van der Waals surface area (Å²) in [7, 11) is 0. The van der Waals surface area contributed by atoms with Crippen molar-refractivity contribution in [2.24, 2.45) is 34.3 Å². The zero-order chi connectivity index (χ0) is 14.8. The summed E-state index contributed by atoms with van der Waals surface area (Å²) in [5, 5.41) is 10.5. The van der Waals surface area contributed by atoms with Crippen LogP contribution in [0, 0.1) is 28.6 Å². The summed E-state index contributed by atoms with van der Waals surface area (Å²) in [6, 6.07) is 0.392. The van der Waals surface area contributed by atoms with Crippen molar-refractivity contribution in [1.82, 2.24) is 0 Å². The lowest BCUT2D eigenvalue weighted by Gasteiger charge is -2.57. The van der Waals surface area contributed by atoms with Crippen LogP contribution in [0.5, 0.6) is 0 Å². The van der Waals surface area contributed by atoms with E-state index in [0.717, 1.165) is 30.6 Å². The van der Waals surface area contributed by atoms with E-state index in [2.05, 4.69) is 19.9 Å². The molecule has 0 spiro atoms. The Labute approximate surface area is 129 Å². The van der Waals surface area contributed by atoms with E-state index in [1.807, 2.05) is 0 Å². The van der Waals surface area contributed by atoms with Gasteiger partial charge in [-0.15, -0.1) is 0 Å². The van der Waals surface area contributed by atoms with Crippen LogP contribution < -0.4 is 5.73 Å². The second kappa shape index (κ2) is 4.58. The molecule has 21 heavy (non-hydrogen) atoms. The van der Waals surface area contributed by atoms with E-state index < -0.39 is 0 Å². The zero-order valence-electron chi connectivity index (χ0n) is 13.6. The third-order valence-corrected chi connectivity index (χ3v) is 8.09. The first kappa shape index (κ1) is 14.3. The van der Waals surface area contributed by atoms with Crippen LogP contribution in [0.25, 0.3) is 0 Å². The Balaban J connectivity index is 1.68. The largest absolute Gasteiger partial charge is 0.393 e. The Morgan fingerprint density at radius 2 is 1.90 bits per heavy atom. The minimum atomic E-state index is -0.0542. The third-order valence-electron chi connectivity index (χ3n) is 8.09. The highest BCUT2D eigenvalue weighted by molar-refractivity contribution is 5.25. The van der Waals surface area contributed by atoms with Crippen molar-refractivity contribution in [3.05, 3.63) is 11.6 Å². The number of fused-ring (bicyclic) bond motifs is 5. The first-order chi connectivity index (χ1) is 9.95. The quantitative estimate of drug-likeness (QED) is 0.669. The van der Waals surface area contributed by atoms with Crippen LogP contribution >= 0.6 is 0 Å². The van der Waals surface area contributed by atoms with Crippen LogP contribution in [-0.2, 0) is 0 Å². The van der Waals surface area contributed by atoms with Gasteiger partial charge < -0.3 is 10.8 Å². The summed E-state index contributed by atoms with van der Waals surface area (Å²) in [6.07, 6.45) is 12.2. The molecule has 118 valence electrons. The molecule has 0 aromatic carbocycles. The lowest BCUT2D eigenvalue weighted by Crippen LogP contribution is -2.51. The molecule has 0 amide bonds. The average molecular weight is 289 g/mol. The lowest BCUT2D eigenvalue weighted by molar-refractivity contribution is -0.0666. The van der Waals surface area contributed by atoms with E-state index in [4.69, 9.17) is 5.73 Å². The molecule has 0 heterocycles. The number of rotatable bonds is 0. The molecular weight excluding hydrogens is 258 g/mol. The fraction of sp³-hybridized carbons (Fsp3) is 0.895. The van der Waals surface area contributed by atoms with Crippen LogP contribution in [0.3, 0.4) is 0 Å². The van der Waals surface area contributed by atoms with E-state index >= 15 is 0 Å². The SMILES string of the molecule is C[C@]12CCC(N)CC1=CC[C@@H]1[C@H]2CC[C@]2(C)C(O)CC[C@@H]12. The van der Waals surface area contributed by atoms with Crippen molar-refractivity contribution in [3.8, 4) is 0 Å². The van der Waals surface area contributed by atoms with Gasteiger partial charge in [-0.3, -0.25) is 0 Å². The number of nitrogens with two attached hydrogens (primary N) is 1. The molecule has 0 aliphatic heterocycles. The Morgan fingerprint density at radius 3 is 2.71 bits per heavy atom. The minimum Gasteiger partial charge on any atom is -0.393 e. The van der Waals surface area contributed by atoms with Crippen molar-refractivity contribution < 1.29 is 5.11 Å². The van der Waals surface area contributed by atoms with Crippen molar-refractivity contribution in [2.75, 3.05) is 0 Å². The topological polar surface area (TPSA) is 46.2 Å². The molecule has 0 bridgehead atoms. The van der Waals surface area contributed by atoms with E-state index in [0.29, 0.717) is 11.5 Å². The molecule has 3 saturated carbocycles. The van der Waals surface area contributed by atoms with Crippen molar-refractivity contribution >= 4 is 0 Å². The Morgan fingerprint density at radius 1 is 1.10 bits per heavy atom. The maximum atomic E-state index is 10.5. The molecule has 4 aliphatic rings. The smallest absolute Gasteiger partial charge is 0.0596 e. The first-order valence-electron chi connectivity index (χ1n) is 9.08. The fourth-order valence-electron chi connectivity index (χ4n) is 6.66. The summed E-state index contributed by atoms with van der Waals surface area (Å²) in [6.45, 7) is 4.89. The van der Waals surface area contributed by atoms with Gasteiger partial charge in [0.25, 0.3) is 0 Å². The predicted molar refractivity (Wildman–Crippen MR) is 85.7 cm³/mol. The molecule has 3 fully saturated rings. The van der Waals surface area contributed by atoms with Gasteiger partial charge in [-0.1, -0.05) is 25.5 Å². The molecule has 4 rings (SSSR count). The minimum absolute atomic E-state index is 0.0542. The highest BCUT2D eigenvalue weighted by Gasteiger charge is 2.58. The number of hydrogen-bond acceptors (Lipinski definition) is 2. The second-order valence-corrected chi connectivity index (χ2v) is 8.90. The van der Waals surface area contributed by atoms with Gasteiger partial charge in [-0.05, 0) is 80.0 Å². The molecule has 2 unspecified atom stereocenters. The highest BCUT2D eigenvalue weighted by Crippen LogP contribution is 2.64. The van der Waals surface area contributed by atoms with E-state index in [1.165, 1.54) is 38.5 Å². The van der Waals surface area contributed by atoms with Crippen molar-refractivity contribution in [1.29, 1.82) is 0 Å². The highest BCUT2D eigenvalue weighted by atomic mass is 16.3. The van der Waals surface area contributed by atoms with Gasteiger partial charge in [-0.2, -0.15) is 0 Å². The lowest BCUT2D eigenvalue weighted by atomic mass is 9.48. The number of aliphatic hydroxyl groups excluding tert-OH is 1. The summed E-state index contributed by atoms with van der Waals surface area (Å²) >= 11 is 0. The molecule has 0 saturated heterocycles. The molecular formula is C19H31NO. The monoisotopic (exact) mass is 289 g/mol. The first-order valence-corrected chi connectivity index (χ1v) is 9.08. The van der Waals surface area contributed by atoms with Crippen LogP contribution in [-0.4, -0.2) is 17.3 Å². The molecule has 0 aromatic rings. The van der Waals surface area contributed by atoms with Gasteiger partial charge in [0.05, 0.1) is 6.10 Å². The van der Waals surface area contributed by atoms with Crippen LogP contribution in [0.15, 0.2) is 11.6 Å².